The van der Waals surface area contributed by atoms with E-state index in [0.29, 0.717) is 6.42 Å². The molecule has 24 heavy (non-hydrogen) atoms. The van der Waals surface area contributed by atoms with Crippen molar-refractivity contribution < 1.29 is 22.8 Å². The van der Waals surface area contributed by atoms with Crippen molar-refractivity contribution in [1.29, 1.82) is 0 Å². The Morgan fingerprint density at radius 3 is 2.62 bits per heavy atom. The summed E-state index contributed by atoms with van der Waals surface area (Å²) >= 11 is 5.84. The fourth-order valence-electron chi connectivity index (χ4n) is 2.81. The number of benzene rings is 1. The lowest BCUT2D eigenvalue weighted by Crippen LogP contribution is -2.60. The maximum absolute atomic E-state index is 13.9. The van der Waals surface area contributed by atoms with Gasteiger partial charge in [0.25, 0.3) is 0 Å². The highest BCUT2D eigenvalue weighted by Gasteiger charge is 2.60. The average molecular weight is 363 g/mol. The maximum atomic E-state index is 13.9. The molecule has 2 N–H and O–H groups in total. The third-order valence-corrected chi connectivity index (χ3v) is 4.26. The molecule has 2 rings (SSSR count). The number of hydrogen-bond acceptors (Lipinski definition) is 2. The van der Waals surface area contributed by atoms with Crippen molar-refractivity contribution in [1.82, 2.24) is 5.32 Å². The van der Waals surface area contributed by atoms with Crippen LogP contribution in [-0.4, -0.2) is 18.0 Å². The second-order valence-electron chi connectivity index (χ2n) is 5.84. The molecule has 1 unspecified atom stereocenters. The van der Waals surface area contributed by atoms with E-state index < -0.39 is 30.0 Å². The number of nitrogens with one attached hydrogen (secondary N) is 2. The summed E-state index contributed by atoms with van der Waals surface area (Å²) in [5.74, 6) is -0.547. The summed E-state index contributed by atoms with van der Waals surface area (Å²) in [4.78, 5) is 23.9. The fraction of sp³-hybridized carbons (Fsp3) is 0.500. The lowest BCUT2D eigenvalue weighted by Gasteiger charge is -2.40. The third kappa shape index (κ3) is 3.66. The second kappa shape index (κ2) is 7.01. The van der Waals surface area contributed by atoms with Crippen molar-refractivity contribution in [3.8, 4) is 0 Å². The number of anilines is 1. The number of hydrogen-bond donors (Lipinski definition) is 2. The summed E-state index contributed by atoms with van der Waals surface area (Å²) in [6.45, 7) is 1.94. The molecule has 2 amide bonds. The first-order chi connectivity index (χ1) is 11.2. The number of carbonyl (C=O) groups is 2. The SMILES string of the molecule is CCCCCC(=O)CC1(C(F)(F)F)NC(=O)Nc2ccc(Cl)cc21. The largest absolute Gasteiger partial charge is 0.416 e. The van der Waals surface area contributed by atoms with E-state index in [4.69, 9.17) is 11.6 Å². The summed E-state index contributed by atoms with van der Waals surface area (Å²) in [7, 11) is 0. The Balaban J connectivity index is 2.44. The van der Waals surface area contributed by atoms with E-state index in [1.807, 2.05) is 12.2 Å². The molecule has 0 bridgehead atoms. The molecule has 8 heteroatoms. The molecule has 1 aliphatic rings. The lowest BCUT2D eigenvalue weighted by molar-refractivity contribution is -0.200. The Bertz CT molecular complexity index is 649. The van der Waals surface area contributed by atoms with Gasteiger partial charge in [0.05, 0.1) is 0 Å². The highest BCUT2D eigenvalue weighted by atomic mass is 35.5. The van der Waals surface area contributed by atoms with Crippen molar-refractivity contribution in [2.45, 2.75) is 50.7 Å². The number of urea groups is 1. The van der Waals surface area contributed by atoms with E-state index in [0.717, 1.165) is 18.9 Å². The number of rotatable bonds is 6. The first-order valence-corrected chi connectivity index (χ1v) is 8.05. The van der Waals surface area contributed by atoms with Gasteiger partial charge in [-0.1, -0.05) is 31.4 Å². The van der Waals surface area contributed by atoms with E-state index in [2.05, 4.69) is 5.32 Å². The molecule has 1 aromatic carbocycles. The van der Waals surface area contributed by atoms with Gasteiger partial charge in [-0.3, -0.25) is 4.79 Å². The number of fused-ring (bicyclic) bond motifs is 1. The molecule has 1 aliphatic heterocycles. The van der Waals surface area contributed by atoms with Crippen LogP contribution >= 0.6 is 11.6 Å². The lowest BCUT2D eigenvalue weighted by atomic mass is 9.81. The topological polar surface area (TPSA) is 58.2 Å². The van der Waals surface area contributed by atoms with Crippen molar-refractivity contribution in [2.75, 3.05) is 5.32 Å². The molecule has 0 aliphatic carbocycles. The molecule has 0 radical (unpaired) electrons. The van der Waals surface area contributed by atoms with Gasteiger partial charge < -0.3 is 10.6 Å². The molecule has 1 atom stereocenters. The Hall–Kier alpha value is -1.76. The molecule has 1 aromatic rings. The van der Waals surface area contributed by atoms with Crippen LogP contribution in [0.5, 0.6) is 0 Å². The third-order valence-electron chi connectivity index (χ3n) is 4.02. The van der Waals surface area contributed by atoms with Crippen molar-refractivity contribution in [2.24, 2.45) is 0 Å². The first-order valence-electron chi connectivity index (χ1n) is 7.67. The molecule has 132 valence electrons. The number of ketones is 1. The Labute approximate surface area is 142 Å². The monoisotopic (exact) mass is 362 g/mol. The number of halogens is 4. The van der Waals surface area contributed by atoms with Crippen LogP contribution in [0.1, 0.15) is 44.6 Å². The molecule has 0 aromatic heterocycles. The van der Waals surface area contributed by atoms with E-state index in [1.54, 1.807) is 0 Å². The summed E-state index contributed by atoms with van der Waals surface area (Å²) in [5, 5.41) is 4.34. The molecular weight excluding hydrogens is 345 g/mol. The van der Waals surface area contributed by atoms with Gasteiger partial charge in [0, 0.05) is 29.1 Å². The zero-order valence-corrected chi connectivity index (χ0v) is 13.9. The highest BCUT2D eigenvalue weighted by Crippen LogP contribution is 2.47. The van der Waals surface area contributed by atoms with Gasteiger partial charge in [-0.15, -0.1) is 0 Å². The van der Waals surface area contributed by atoms with Crippen LogP contribution in [0.4, 0.5) is 23.7 Å². The smallest absolute Gasteiger partial charge is 0.319 e. The van der Waals surface area contributed by atoms with Gasteiger partial charge in [0.1, 0.15) is 5.78 Å². The van der Waals surface area contributed by atoms with E-state index in [-0.39, 0.29) is 22.7 Å². The second-order valence-corrected chi connectivity index (χ2v) is 6.28. The van der Waals surface area contributed by atoms with Gasteiger partial charge in [0.2, 0.25) is 0 Å². The molecule has 0 saturated heterocycles. The minimum Gasteiger partial charge on any atom is -0.319 e. The fourth-order valence-corrected chi connectivity index (χ4v) is 2.98. The Kier molecular flexibility index (Phi) is 5.42. The van der Waals surface area contributed by atoms with Crippen LogP contribution in [0, 0.1) is 0 Å². The Morgan fingerprint density at radius 2 is 2.00 bits per heavy atom. The zero-order chi connectivity index (χ0) is 18.0. The Morgan fingerprint density at radius 1 is 1.29 bits per heavy atom. The van der Waals surface area contributed by atoms with Crippen LogP contribution in [0.3, 0.4) is 0 Å². The number of Topliss-reactive ketones (excluding diaryl/α,β-unsaturated/α-hetero) is 1. The molecular formula is C16H18ClF3N2O2. The molecule has 0 saturated carbocycles. The van der Waals surface area contributed by atoms with Crippen molar-refractivity contribution >= 4 is 29.1 Å². The molecule has 4 nitrogen and oxygen atoms in total. The summed E-state index contributed by atoms with van der Waals surface area (Å²) in [6.07, 6.45) is -3.49. The van der Waals surface area contributed by atoms with E-state index in [9.17, 15) is 22.8 Å². The average Bonchev–Trinajstić information content (AvgIpc) is 2.47. The number of carbonyl (C=O) groups excluding carboxylic acids is 2. The van der Waals surface area contributed by atoms with E-state index >= 15 is 0 Å². The van der Waals surface area contributed by atoms with Crippen LogP contribution in [0.25, 0.3) is 0 Å². The first kappa shape index (κ1) is 18.6. The number of amides is 2. The van der Waals surface area contributed by atoms with E-state index in [1.165, 1.54) is 12.1 Å². The number of unbranched alkanes of at least 4 members (excludes halogenated alkanes) is 2. The predicted molar refractivity (Wildman–Crippen MR) is 85.1 cm³/mol. The number of alkyl halides is 3. The minimum absolute atomic E-state index is 0.00170. The predicted octanol–water partition coefficient (Wildman–Crippen LogP) is 4.77. The van der Waals surface area contributed by atoms with Gasteiger partial charge in [-0.05, 0) is 24.6 Å². The van der Waals surface area contributed by atoms with Crippen molar-refractivity contribution in [3.05, 3.63) is 28.8 Å². The normalized spacial score (nSPS) is 20.1. The summed E-state index contributed by atoms with van der Waals surface area (Å²) in [6, 6.07) is 2.83. The van der Waals surface area contributed by atoms with Gasteiger partial charge >= 0.3 is 12.2 Å². The maximum Gasteiger partial charge on any atom is 0.416 e. The summed E-state index contributed by atoms with van der Waals surface area (Å²) < 4.78 is 41.7. The minimum atomic E-state index is -4.84. The molecule has 0 spiro atoms. The van der Waals surface area contributed by atoms with Crippen LogP contribution in [0.2, 0.25) is 5.02 Å². The highest BCUT2D eigenvalue weighted by molar-refractivity contribution is 6.30. The van der Waals surface area contributed by atoms with Gasteiger partial charge in [0.15, 0.2) is 5.54 Å². The van der Waals surface area contributed by atoms with Crippen molar-refractivity contribution in [3.63, 3.8) is 0 Å². The quantitative estimate of drug-likeness (QED) is 0.716. The van der Waals surface area contributed by atoms with Gasteiger partial charge in [-0.2, -0.15) is 13.2 Å². The van der Waals surface area contributed by atoms with Crippen LogP contribution in [0.15, 0.2) is 18.2 Å². The van der Waals surface area contributed by atoms with Crippen LogP contribution in [-0.2, 0) is 10.3 Å². The molecule has 1 heterocycles. The standard InChI is InChI=1S/C16H18ClF3N2O2/c1-2-3-4-5-11(23)9-15(16(18,19)20)12-8-10(17)6-7-13(12)21-14(24)22-15/h6-8H,2-5,9H2,1H3,(H2,21,22,24). The van der Waals surface area contributed by atoms with Gasteiger partial charge in [-0.25, -0.2) is 4.79 Å². The summed E-state index contributed by atoms with van der Waals surface area (Å²) in [5.41, 5.74) is -3.01. The van der Waals surface area contributed by atoms with Crippen LogP contribution < -0.4 is 10.6 Å². The molecule has 0 fully saturated rings. The zero-order valence-electron chi connectivity index (χ0n) is 13.1.